The summed E-state index contributed by atoms with van der Waals surface area (Å²) >= 11 is 0. The lowest BCUT2D eigenvalue weighted by Crippen LogP contribution is -2.53. The number of amides is 2. The van der Waals surface area contributed by atoms with Crippen molar-refractivity contribution >= 4 is 12.0 Å². The Labute approximate surface area is 120 Å². The van der Waals surface area contributed by atoms with Crippen LogP contribution in [-0.2, 0) is 4.79 Å². The first-order valence-electron chi connectivity index (χ1n) is 7.91. The highest BCUT2D eigenvalue weighted by atomic mass is 16.4. The quantitative estimate of drug-likeness (QED) is 0.804. The lowest BCUT2D eigenvalue weighted by molar-refractivity contribution is -0.142. The van der Waals surface area contributed by atoms with Crippen LogP contribution in [0.15, 0.2) is 0 Å². The Morgan fingerprint density at radius 1 is 0.900 bits per heavy atom. The van der Waals surface area contributed by atoms with E-state index >= 15 is 0 Å². The summed E-state index contributed by atoms with van der Waals surface area (Å²) in [7, 11) is 0. The molecule has 2 saturated heterocycles. The van der Waals surface area contributed by atoms with E-state index in [0.29, 0.717) is 13.0 Å². The van der Waals surface area contributed by atoms with Gasteiger partial charge in [-0.05, 0) is 32.6 Å². The second kappa shape index (κ2) is 6.95. The van der Waals surface area contributed by atoms with Crippen molar-refractivity contribution in [2.45, 2.75) is 70.4 Å². The van der Waals surface area contributed by atoms with Crippen LogP contribution in [-0.4, -0.2) is 52.1 Å². The molecule has 5 heteroatoms. The van der Waals surface area contributed by atoms with Gasteiger partial charge in [0.2, 0.25) is 0 Å². The van der Waals surface area contributed by atoms with E-state index in [0.717, 1.165) is 51.5 Å². The molecule has 2 fully saturated rings. The predicted molar refractivity (Wildman–Crippen MR) is 76.6 cm³/mol. The summed E-state index contributed by atoms with van der Waals surface area (Å²) in [5.74, 6) is -0.859. The van der Waals surface area contributed by atoms with Crippen molar-refractivity contribution in [2.24, 2.45) is 0 Å². The average molecular weight is 282 g/mol. The van der Waals surface area contributed by atoms with Crippen LogP contribution in [0.4, 0.5) is 4.79 Å². The topological polar surface area (TPSA) is 60.9 Å². The second-order valence-corrected chi connectivity index (χ2v) is 6.07. The molecule has 0 aliphatic carbocycles. The number of carboxylic acid groups (broad SMARTS) is 1. The smallest absolute Gasteiger partial charge is 0.326 e. The summed E-state index contributed by atoms with van der Waals surface area (Å²) < 4.78 is 0. The molecule has 0 bridgehead atoms. The van der Waals surface area contributed by atoms with Crippen LogP contribution in [0.3, 0.4) is 0 Å². The van der Waals surface area contributed by atoms with Crippen molar-refractivity contribution in [3.63, 3.8) is 0 Å². The second-order valence-electron chi connectivity index (χ2n) is 6.07. The zero-order valence-corrected chi connectivity index (χ0v) is 12.4. The van der Waals surface area contributed by atoms with Crippen LogP contribution >= 0.6 is 0 Å². The van der Waals surface area contributed by atoms with E-state index in [9.17, 15) is 14.7 Å². The van der Waals surface area contributed by atoms with Gasteiger partial charge in [0.25, 0.3) is 0 Å². The fraction of sp³-hybridized carbons (Fsp3) is 0.867. The number of likely N-dealkylation sites (tertiary alicyclic amines) is 2. The van der Waals surface area contributed by atoms with Gasteiger partial charge in [-0.2, -0.15) is 0 Å². The zero-order valence-electron chi connectivity index (χ0n) is 12.4. The average Bonchev–Trinajstić information content (AvgIpc) is 2.77. The zero-order chi connectivity index (χ0) is 14.5. The van der Waals surface area contributed by atoms with Gasteiger partial charge in [-0.3, -0.25) is 0 Å². The maximum Gasteiger partial charge on any atom is 0.326 e. The Balaban J connectivity index is 2.12. The lowest BCUT2D eigenvalue weighted by atomic mass is 10.1. The molecule has 2 atom stereocenters. The van der Waals surface area contributed by atoms with Crippen molar-refractivity contribution in [3.05, 3.63) is 0 Å². The summed E-state index contributed by atoms with van der Waals surface area (Å²) in [6, 6.07) is -0.475. The SMILES string of the molecule is CC1CCCCCN1C(=O)N1CCCCCC1C(=O)O. The van der Waals surface area contributed by atoms with Crippen molar-refractivity contribution in [1.82, 2.24) is 9.80 Å². The number of nitrogens with zero attached hydrogens (tertiary/aromatic N) is 2. The van der Waals surface area contributed by atoms with Crippen molar-refractivity contribution in [3.8, 4) is 0 Å². The van der Waals surface area contributed by atoms with E-state index in [4.69, 9.17) is 0 Å². The van der Waals surface area contributed by atoms with Crippen molar-refractivity contribution < 1.29 is 14.7 Å². The van der Waals surface area contributed by atoms with Gasteiger partial charge in [0.05, 0.1) is 0 Å². The van der Waals surface area contributed by atoms with Crippen LogP contribution < -0.4 is 0 Å². The highest BCUT2D eigenvalue weighted by Gasteiger charge is 2.34. The summed E-state index contributed by atoms with van der Waals surface area (Å²) in [6.07, 6.45) is 7.79. The van der Waals surface area contributed by atoms with E-state index in [1.165, 1.54) is 0 Å². The minimum atomic E-state index is -0.859. The monoisotopic (exact) mass is 282 g/mol. The van der Waals surface area contributed by atoms with Gasteiger partial charge in [-0.1, -0.05) is 25.7 Å². The number of carbonyl (C=O) groups excluding carboxylic acids is 1. The fourth-order valence-corrected chi connectivity index (χ4v) is 3.32. The van der Waals surface area contributed by atoms with Crippen LogP contribution in [0.5, 0.6) is 0 Å². The molecular weight excluding hydrogens is 256 g/mol. The third-order valence-electron chi connectivity index (χ3n) is 4.58. The number of hydrogen-bond acceptors (Lipinski definition) is 2. The predicted octanol–water partition coefficient (Wildman–Crippen LogP) is 2.70. The minimum absolute atomic E-state index is 0.0614. The van der Waals surface area contributed by atoms with E-state index in [2.05, 4.69) is 6.92 Å². The molecule has 20 heavy (non-hydrogen) atoms. The molecular formula is C15H26N2O3. The number of aliphatic carboxylic acids is 1. The van der Waals surface area contributed by atoms with E-state index in [1.807, 2.05) is 4.90 Å². The molecule has 2 aliphatic rings. The van der Waals surface area contributed by atoms with Gasteiger partial charge in [-0.15, -0.1) is 0 Å². The first-order chi connectivity index (χ1) is 9.61. The molecule has 2 amide bonds. The van der Waals surface area contributed by atoms with Gasteiger partial charge in [-0.25, -0.2) is 9.59 Å². The van der Waals surface area contributed by atoms with Crippen molar-refractivity contribution in [1.29, 1.82) is 0 Å². The number of carboxylic acids is 1. The van der Waals surface area contributed by atoms with Crippen LogP contribution in [0, 0.1) is 0 Å². The number of carbonyl (C=O) groups is 2. The molecule has 0 aromatic rings. The molecule has 0 saturated carbocycles. The number of hydrogen-bond donors (Lipinski definition) is 1. The first-order valence-corrected chi connectivity index (χ1v) is 7.91. The van der Waals surface area contributed by atoms with Crippen LogP contribution in [0.2, 0.25) is 0 Å². The third-order valence-corrected chi connectivity index (χ3v) is 4.58. The number of urea groups is 1. The molecule has 2 heterocycles. The Kier molecular flexibility index (Phi) is 5.26. The van der Waals surface area contributed by atoms with Crippen LogP contribution in [0.1, 0.15) is 58.3 Å². The van der Waals surface area contributed by atoms with Crippen LogP contribution in [0.25, 0.3) is 0 Å². The molecule has 0 aromatic carbocycles. The summed E-state index contributed by atoms with van der Waals surface area (Å²) in [6.45, 7) is 3.43. The van der Waals surface area contributed by atoms with E-state index in [-0.39, 0.29) is 12.1 Å². The third kappa shape index (κ3) is 3.44. The molecule has 0 spiro atoms. The van der Waals surface area contributed by atoms with Gasteiger partial charge < -0.3 is 14.9 Å². The highest BCUT2D eigenvalue weighted by Crippen LogP contribution is 2.23. The van der Waals surface area contributed by atoms with E-state index in [1.54, 1.807) is 4.90 Å². The Hall–Kier alpha value is -1.26. The van der Waals surface area contributed by atoms with E-state index < -0.39 is 12.0 Å². The molecule has 2 rings (SSSR count). The normalized spacial score (nSPS) is 28.6. The maximum absolute atomic E-state index is 12.8. The van der Waals surface area contributed by atoms with Gasteiger partial charge in [0.15, 0.2) is 0 Å². The molecule has 1 N–H and O–H groups in total. The lowest BCUT2D eigenvalue weighted by Gasteiger charge is -2.35. The standard InChI is InChI=1S/C15H26N2O3/c1-12-8-4-2-6-10-16(12)15(20)17-11-7-3-5-9-13(17)14(18)19/h12-13H,2-11H2,1H3,(H,18,19). The largest absolute Gasteiger partial charge is 0.480 e. The van der Waals surface area contributed by atoms with Gasteiger partial charge >= 0.3 is 12.0 Å². The highest BCUT2D eigenvalue weighted by molar-refractivity contribution is 5.83. The number of rotatable bonds is 1. The molecule has 2 aliphatic heterocycles. The Morgan fingerprint density at radius 2 is 1.50 bits per heavy atom. The summed E-state index contributed by atoms with van der Waals surface area (Å²) in [5, 5.41) is 9.39. The van der Waals surface area contributed by atoms with Gasteiger partial charge in [0.1, 0.15) is 6.04 Å². The Morgan fingerprint density at radius 3 is 2.15 bits per heavy atom. The Bertz CT molecular complexity index is 359. The summed E-state index contributed by atoms with van der Waals surface area (Å²) in [5.41, 5.74) is 0. The van der Waals surface area contributed by atoms with Gasteiger partial charge in [0, 0.05) is 19.1 Å². The first kappa shape index (κ1) is 15.1. The molecule has 0 aromatic heterocycles. The molecule has 5 nitrogen and oxygen atoms in total. The molecule has 2 unspecified atom stereocenters. The maximum atomic E-state index is 12.8. The fourth-order valence-electron chi connectivity index (χ4n) is 3.32. The summed E-state index contributed by atoms with van der Waals surface area (Å²) in [4.78, 5) is 27.7. The molecule has 0 radical (unpaired) electrons. The van der Waals surface area contributed by atoms with Crippen molar-refractivity contribution in [2.75, 3.05) is 13.1 Å². The molecule has 114 valence electrons. The minimum Gasteiger partial charge on any atom is -0.480 e.